The van der Waals surface area contributed by atoms with E-state index in [1.807, 2.05) is 48.7 Å². The summed E-state index contributed by atoms with van der Waals surface area (Å²) in [7, 11) is 0. The fourth-order valence-electron chi connectivity index (χ4n) is 7.24. The smallest absolute Gasteiger partial charge is 0.0963 e. The lowest BCUT2D eigenvalue weighted by Gasteiger charge is -2.12. The molecular formula is C44H28N6. The number of fused-ring (bicyclic) bond motifs is 6. The van der Waals surface area contributed by atoms with Crippen LogP contribution in [0.4, 0.5) is 0 Å². The molecule has 10 rings (SSSR count). The summed E-state index contributed by atoms with van der Waals surface area (Å²) in [5.41, 5.74) is 13.0. The molecule has 0 atom stereocenters. The zero-order chi connectivity index (χ0) is 33.0. The van der Waals surface area contributed by atoms with Crippen molar-refractivity contribution in [3.8, 4) is 45.3 Å². The van der Waals surface area contributed by atoms with Gasteiger partial charge in [-0.2, -0.15) is 0 Å². The lowest BCUT2D eigenvalue weighted by molar-refractivity contribution is 1.14. The van der Waals surface area contributed by atoms with Gasteiger partial charge in [-0.3, -0.25) is 15.0 Å². The molecule has 234 valence electrons. The van der Waals surface area contributed by atoms with Crippen LogP contribution in [0.15, 0.2) is 170 Å². The Morgan fingerprint density at radius 1 is 0.340 bits per heavy atom. The first kappa shape index (κ1) is 28.1. The highest BCUT2D eigenvalue weighted by molar-refractivity contribution is 6.12. The number of para-hydroxylation sites is 2. The average molecular weight is 641 g/mol. The molecule has 10 aromatic rings. The molecule has 0 aliphatic rings. The van der Waals surface area contributed by atoms with E-state index >= 15 is 0 Å². The molecule has 0 fully saturated rings. The van der Waals surface area contributed by atoms with Crippen LogP contribution in [-0.2, 0) is 0 Å². The minimum absolute atomic E-state index is 0.780. The van der Waals surface area contributed by atoms with Gasteiger partial charge in [0.1, 0.15) is 0 Å². The van der Waals surface area contributed by atoms with Crippen molar-refractivity contribution in [1.82, 2.24) is 29.1 Å². The molecule has 6 aromatic heterocycles. The van der Waals surface area contributed by atoms with Gasteiger partial charge < -0.3 is 9.13 Å². The second kappa shape index (κ2) is 11.4. The van der Waals surface area contributed by atoms with Crippen LogP contribution in [0.2, 0.25) is 0 Å². The predicted octanol–water partition coefficient (Wildman–Crippen LogP) is 10.5. The number of benzene rings is 4. The summed E-state index contributed by atoms with van der Waals surface area (Å²) in [6, 6.07) is 52.9. The highest BCUT2D eigenvalue weighted by Crippen LogP contribution is 2.38. The molecule has 50 heavy (non-hydrogen) atoms. The highest BCUT2D eigenvalue weighted by Gasteiger charge is 2.18. The summed E-state index contributed by atoms with van der Waals surface area (Å²) in [4.78, 5) is 19.2. The van der Waals surface area contributed by atoms with Crippen molar-refractivity contribution in [2.24, 2.45) is 0 Å². The summed E-state index contributed by atoms with van der Waals surface area (Å²) in [6.07, 6.45) is 5.47. The number of nitrogens with zero attached hydrogens (tertiary/aromatic N) is 6. The van der Waals surface area contributed by atoms with E-state index in [1.54, 1.807) is 12.4 Å². The number of pyridine rings is 4. The fraction of sp³-hybridized carbons (Fsp3) is 0. The maximum Gasteiger partial charge on any atom is 0.0963 e. The fourth-order valence-corrected chi connectivity index (χ4v) is 7.24. The van der Waals surface area contributed by atoms with Gasteiger partial charge in [0.15, 0.2) is 0 Å². The molecular weight excluding hydrogens is 613 g/mol. The van der Waals surface area contributed by atoms with E-state index in [9.17, 15) is 0 Å². The van der Waals surface area contributed by atoms with E-state index < -0.39 is 0 Å². The Morgan fingerprint density at radius 2 is 0.900 bits per heavy atom. The zero-order valence-electron chi connectivity index (χ0n) is 26.8. The molecule has 6 nitrogen and oxygen atoms in total. The molecule has 0 bridgehead atoms. The van der Waals surface area contributed by atoms with Gasteiger partial charge >= 0.3 is 0 Å². The number of rotatable bonds is 5. The third kappa shape index (κ3) is 4.50. The third-order valence-electron chi connectivity index (χ3n) is 9.46. The van der Waals surface area contributed by atoms with Crippen molar-refractivity contribution in [3.63, 3.8) is 0 Å². The van der Waals surface area contributed by atoms with Crippen LogP contribution in [-0.4, -0.2) is 29.1 Å². The quantitative estimate of drug-likeness (QED) is 0.188. The van der Waals surface area contributed by atoms with Crippen molar-refractivity contribution in [1.29, 1.82) is 0 Å². The van der Waals surface area contributed by atoms with Gasteiger partial charge in [0, 0.05) is 40.4 Å². The average Bonchev–Trinajstić information content (AvgIpc) is 3.71. The highest BCUT2D eigenvalue weighted by atomic mass is 15.0. The number of hydrogen-bond acceptors (Lipinski definition) is 4. The lowest BCUT2D eigenvalue weighted by atomic mass is 10.0. The first-order valence-electron chi connectivity index (χ1n) is 16.6. The van der Waals surface area contributed by atoms with Crippen molar-refractivity contribution >= 4 is 43.7 Å². The van der Waals surface area contributed by atoms with Crippen LogP contribution >= 0.6 is 0 Å². The van der Waals surface area contributed by atoms with E-state index in [-0.39, 0.29) is 0 Å². The summed E-state index contributed by atoms with van der Waals surface area (Å²) < 4.78 is 4.63. The Labute approximate surface area is 287 Å². The first-order valence-corrected chi connectivity index (χ1v) is 16.6. The van der Waals surface area contributed by atoms with Crippen molar-refractivity contribution in [3.05, 3.63) is 170 Å². The Morgan fingerprint density at radius 3 is 1.60 bits per heavy atom. The normalized spacial score (nSPS) is 11.6. The lowest BCUT2D eigenvalue weighted by Crippen LogP contribution is -1.99. The Bertz CT molecular complexity index is 2800. The maximum absolute atomic E-state index is 5.01. The minimum atomic E-state index is 0.780. The van der Waals surface area contributed by atoms with Gasteiger partial charge in [-0.15, -0.1) is 0 Å². The van der Waals surface area contributed by atoms with Crippen LogP contribution in [0.1, 0.15) is 0 Å². The van der Waals surface area contributed by atoms with Crippen molar-refractivity contribution in [2.45, 2.75) is 0 Å². The molecule has 0 amide bonds. The summed E-state index contributed by atoms with van der Waals surface area (Å²) in [6.45, 7) is 0. The molecule has 6 heterocycles. The largest absolute Gasteiger partial charge is 0.309 e. The van der Waals surface area contributed by atoms with Crippen LogP contribution in [0.25, 0.3) is 89.0 Å². The minimum Gasteiger partial charge on any atom is -0.309 e. The van der Waals surface area contributed by atoms with Crippen LogP contribution in [0.5, 0.6) is 0 Å². The van der Waals surface area contributed by atoms with Gasteiger partial charge in [-0.05, 0) is 102 Å². The van der Waals surface area contributed by atoms with E-state index in [0.29, 0.717) is 0 Å². The van der Waals surface area contributed by atoms with Crippen LogP contribution in [0.3, 0.4) is 0 Å². The second-order valence-corrected chi connectivity index (χ2v) is 12.4. The van der Waals surface area contributed by atoms with Gasteiger partial charge in [-0.25, -0.2) is 4.98 Å². The molecule has 0 radical (unpaired) electrons. The second-order valence-electron chi connectivity index (χ2n) is 12.4. The Balaban J connectivity index is 1.17. The summed E-state index contributed by atoms with van der Waals surface area (Å²) >= 11 is 0. The van der Waals surface area contributed by atoms with Gasteiger partial charge in [0.25, 0.3) is 0 Å². The van der Waals surface area contributed by atoms with Gasteiger partial charge in [-0.1, -0.05) is 60.7 Å². The number of aromatic nitrogens is 6. The van der Waals surface area contributed by atoms with Crippen LogP contribution < -0.4 is 0 Å². The Kier molecular flexibility index (Phi) is 6.39. The molecule has 0 aliphatic carbocycles. The number of hydrogen-bond donors (Lipinski definition) is 0. The molecule has 0 aliphatic heterocycles. The predicted molar refractivity (Wildman–Crippen MR) is 203 cm³/mol. The van der Waals surface area contributed by atoms with E-state index in [2.05, 4.69) is 128 Å². The zero-order valence-corrected chi connectivity index (χ0v) is 26.8. The summed E-state index contributed by atoms with van der Waals surface area (Å²) in [5, 5.41) is 3.54. The first-order chi connectivity index (χ1) is 24.8. The van der Waals surface area contributed by atoms with E-state index in [1.165, 1.54) is 21.8 Å². The Hall–Kier alpha value is -6.92. The monoisotopic (exact) mass is 640 g/mol. The maximum atomic E-state index is 5.01. The van der Waals surface area contributed by atoms with Crippen molar-refractivity contribution in [2.75, 3.05) is 0 Å². The SMILES string of the molecule is c1ccc(-n2c3ccccc3c3cc(-c4ccc5c(c4)c4ncccc4n5-c4cc(-c5ccccn5)nc(-c5ccccn5)c4)ccc32)cc1. The molecule has 4 aromatic carbocycles. The summed E-state index contributed by atoms with van der Waals surface area (Å²) in [5.74, 6) is 0. The molecule has 0 unspecified atom stereocenters. The standard InChI is InChI=1S/C44H28N6/c1-2-11-31(12-3-1)49-40-16-5-4-13-33(40)34-25-29(18-20-41(34)49)30-19-21-42-35(26-30)44-43(17-10-24-47-44)50(42)32-27-38(36-14-6-8-22-45-36)48-39(28-32)37-15-7-9-23-46-37/h1-28H. The van der Waals surface area contributed by atoms with E-state index in [4.69, 9.17) is 9.97 Å². The van der Waals surface area contributed by atoms with Gasteiger partial charge in [0.05, 0.1) is 56.0 Å². The molecule has 0 spiro atoms. The molecule has 6 heteroatoms. The molecule has 0 N–H and O–H groups in total. The topological polar surface area (TPSA) is 61.4 Å². The molecule has 0 saturated carbocycles. The third-order valence-corrected chi connectivity index (χ3v) is 9.46. The van der Waals surface area contributed by atoms with Crippen LogP contribution in [0, 0.1) is 0 Å². The molecule has 0 saturated heterocycles. The van der Waals surface area contributed by atoms with Gasteiger partial charge in [0.2, 0.25) is 0 Å². The van der Waals surface area contributed by atoms with Crippen molar-refractivity contribution < 1.29 is 0 Å². The van der Waals surface area contributed by atoms with E-state index in [0.717, 1.165) is 67.2 Å².